The van der Waals surface area contributed by atoms with Crippen LogP contribution in [0.2, 0.25) is 0 Å². The molecule has 0 saturated carbocycles. The standard InChI is InChI=1S/C21H28N2O4S/c1-15(2)13-22-28(25,26)19-10-11-20(16(3)12-19)27-14-21(24)23-17(4)18-8-6-5-7-9-18/h5-12,15,17,22H,13-14H2,1-4H3,(H,23,24)/t17-/m0/s1. The minimum Gasteiger partial charge on any atom is -0.484 e. The van der Waals surface area contributed by atoms with Gasteiger partial charge in [-0.15, -0.1) is 0 Å². The van der Waals surface area contributed by atoms with Crippen molar-refractivity contribution in [2.45, 2.75) is 38.6 Å². The quantitative estimate of drug-likeness (QED) is 0.672. The molecule has 1 amide bonds. The highest BCUT2D eigenvalue weighted by atomic mass is 32.2. The van der Waals surface area contributed by atoms with Gasteiger partial charge in [-0.3, -0.25) is 4.79 Å². The predicted octanol–water partition coefficient (Wildman–Crippen LogP) is 3.19. The monoisotopic (exact) mass is 404 g/mol. The number of amides is 1. The lowest BCUT2D eigenvalue weighted by Crippen LogP contribution is -2.31. The van der Waals surface area contributed by atoms with Crippen molar-refractivity contribution in [1.82, 2.24) is 10.0 Å². The van der Waals surface area contributed by atoms with Crippen LogP contribution in [-0.4, -0.2) is 27.5 Å². The van der Waals surface area contributed by atoms with Crippen LogP contribution in [0.5, 0.6) is 5.75 Å². The summed E-state index contributed by atoms with van der Waals surface area (Å²) in [7, 11) is -3.56. The van der Waals surface area contributed by atoms with E-state index in [4.69, 9.17) is 4.74 Å². The molecule has 0 spiro atoms. The maximum Gasteiger partial charge on any atom is 0.258 e. The Morgan fingerprint density at radius 2 is 1.75 bits per heavy atom. The van der Waals surface area contributed by atoms with E-state index in [0.29, 0.717) is 17.9 Å². The largest absolute Gasteiger partial charge is 0.484 e. The molecule has 0 heterocycles. The fraction of sp³-hybridized carbons (Fsp3) is 0.381. The molecule has 2 rings (SSSR count). The number of rotatable bonds is 9. The molecule has 0 radical (unpaired) electrons. The number of hydrogen-bond acceptors (Lipinski definition) is 4. The zero-order valence-corrected chi connectivity index (χ0v) is 17.5. The van der Waals surface area contributed by atoms with E-state index in [2.05, 4.69) is 10.0 Å². The zero-order valence-electron chi connectivity index (χ0n) is 16.7. The molecule has 0 aliphatic carbocycles. The Kier molecular flexibility index (Phi) is 7.60. The molecule has 0 aliphatic heterocycles. The van der Waals surface area contributed by atoms with Crippen molar-refractivity contribution in [1.29, 1.82) is 0 Å². The van der Waals surface area contributed by atoms with Crippen LogP contribution >= 0.6 is 0 Å². The number of hydrogen-bond donors (Lipinski definition) is 2. The maximum absolute atomic E-state index is 12.3. The van der Waals surface area contributed by atoms with Gasteiger partial charge >= 0.3 is 0 Å². The average molecular weight is 405 g/mol. The van der Waals surface area contributed by atoms with Gasteiger partial charge in [-0.2, -0.15) is 0 Å². The Bertz CT molecular complexity index is 896. The third-order valence-corrected chi connectivity index (χ3v) is 5.60. The van der Waals surface area contributed by atoms with Gasteiger partial charge in [0.1, 0.15) is 5.75 Å². The first-order valence-corrected chi connectivity index (χ1v) is 10.7. The molecule has 28 heavy (non-hydrogen) atoms. The second-order valence-corrected chi connectivity index (χ2v) is 8.93. The fourth-order valence-corrected chi connectivity index (χ4v) is 3.86. The highest BCUT2D eigenvalue weighted by molar-refractivity contribution is 7.89. The highest BCUT2D eigenvalue weighted by Gasteiger charge is 2.16. The van der Waals surface area contributed by atoms with E-state index in [9.17, 15) is 13.2 Å². The smallest absolute Gasteiger partial charge is 0.258 e. The molecule has 7 heteroatoms. The number of aryl methyl sites for hydroxylation is 1. The fourth-order valence-electron chi connectivity index (χ4n) is 2.56. The number of nitrogens with one attached hydrogen (secondary N) is 2. The van der Waals surface area contributed by atoms with Crippen molar-refractivity contribution in [3.05, 3.63) is 59.7 Å². The molecule has 0 fully saturated rings. The molecule has 0 unspecified atom stereocenters. The molecule has 6 nitrogen and oxygen atoms in total. The Morgan fingerprint density at radius 3 is 2.36 bits per heavy atom. The van der Waals surface area contributed by atoms with E-state index in [-0.39, 0.29) is 29.4 Å². The van der Waals surface area contributed by atoms with Crippen LogP contribution in [0.3, 0.4) is 0 Å². The van der Waals surface area contributed by atoms with Crippen molar-refractivity contribution in [2.75, 3.05) is 13.2 Å². The first-order chi connectivity index (χ1) is 13.2. The molecule has 152 valence electrons. The number of sulfonamides is 1. The summed E-state index contributed by atoms with van der Waals surface area (Å²) in [6, 6.07) is 14.1. The van der Waals surface area contributed by atoms with E-state index in [1.54, 1.807) is 19.1 Å². The summed E-state index contributed by atoms with van der Waals surface area (Å²) in [6.45, 7) is 7.77. The Labute approximate surface area is 167 Å². The lowest BCUT2D eigenvalue weighted by Gasteiger charge is -2.15. The van der Waals surface area contributed by atoms with Crippen molar-refractivity contribution >= 4 is 15.9 Å². The van der Waals surface area contributed by atoms with E-state index in [0.717, 1.165) is 5.56 Å². The summed E-state index contributed by atoms with van der Waals surface area (Å²) in [5.74, 6) is 0.451. The van der Waals surface area contributed by atoms with Crippen LogP contribution in [0.15, 0.2) is 53.4 Å². The molecule has 2 aromatic carbocycles. The lowest BCUT2D eigenvalue weighted by atomic mass is 10.1. The summed E-state index contributed by atoms with van der Waals surface area (Å²) in [5, 5.41) is 2.88. The first kappa shape index (κ1) is 21.9. The Morgan fingerprint density at radius 1 is 1.07 bits per heavy atom. The van der Waals surface area contributed by atoms with Crippen LogP contribution in [0.25, 0.3) is 0 Å². The Hall–Kier alpha value is -2.38. The summed E-state index contributed by atoms with van der Waals surface area (Å²) < 4.78 is 32.8. The van der Waals surface area contributed by atoms with Crippen molar-refractivity contribution in [3.8, 4) is 5.75 Å². The Balaban J connectivity index is 1.95. The topological polar surface area (TPSA) is 84.5 Å². The van der Waals surface area contributed by atoms with Crippen LogP contribution in [0, 0.1) is 12.8 Å². The number of carbonyl (C=O) groups excluding carboxylic acids is 1. The lowest BCUT2D eigenvalue weighted by molar-refractivity contribution is -0.123. The molecule has 0 aliphatic rings. The summed E-state index contributed by atoms with van der Waals surface area (Å²) >= 11 is 0. The zero-order chi connectivity index (χ0) is 20.7. The summed E-state index contributed by atoms with van der Waals surface area (Å²) in [5.41, 5.74) is 1.66. The van der Waals surface area contributed by atoms with E-state index >= 15 is 0 Å². The molecule has 0 bridgehead atoms. The second-order valence-electron chi connectivity index (χ2n) is 7.16. The molecular formula is C21H28N2O4S. The van der Waals surface area contributed by atoms with Gasteiger partial charge in [0.05, 0.1) is 10.9 Å². The third kappa shape index (κ3) is 6.35. The van der Waals surface area contributed by atoms with Gasteiger partial charge in [-0.25, -0.2) is 13.1 Å². The van der Waals surface area contributed by atoms with E-state index < -0.39 is 10.0 Å². The number of carbonyl (C=O) groups is 1. The molecular weight excluding hydrogens is 376 g/mol. The van der Waals surface area contributed by atoms with Crippen LogP contribution in [0.4, 0.5) is 0 Å². The normalized spacial score (nSPS) is 12.6. The predicted molar refractivity (Wildman–Crippen MR) is 110 cm³/mol. The van der Waals surface area contributed by atoms with Gasteiger partial charge in [0.2, 0.25) is 10.0 Å². The SMILES string of the molecule is Cc1cc(S(=O)(=O)NCC(C)C)ccc1OCC(=O)N[C@@H](C)c1ccccc1. The van der Waals surface area contributed by atoms with Gasteiger partial charge in [0, 0.05) is 6.54 Å². The van der Waals surface area contributed by atoms with E-state index in [1.165, 1.54) is 6.07 Å². The number of ether oxygens (including phenoxy) is 1. The van der Waals surface area contributed by atoms with Crippen LogP contribution in [-0.2, 0) is 14.8 Å². The summed E-state index contributed by atoms with van der Waals surface area (Å²) in [4.78, 5) is 12.3. The van der Waals surface area contributed by atoms with Crippen molar-refractivity contribution < 1.29 is 17.9 Å². The average Bonchev–Trinajstić information content (AvgIpc) is 2.66. The molecule has 1 atom stereocenters. The molecule has 0 aromatic heterocycles. The highest BCUT2D eigenvalue weighted by Crippen LogP contribution is 2.22. The van der Waals surface area contributed by atoms with Gasteiger partial charge in [0.25, 0.3) is 5.91 Å². The van der Waals surface area contributed by atoms with Gasteiger partial charge in [-0.05, 0) is 49.1 Å². The van der Waals surface area contributed by atoms with Gasteiger partial charge < -0.3 is 10.1 Å². The third-order valence-electron chi connectivity index (χ3n) is 4.17. The van der Waals surface area contributed by atoms with Crippen molar-refractivity contribution in [2.24, 2.45) is 5.92 Å². The summed E-state index contributed by atoms with van der Waals surface area (Å²) in [6.07, 6.45) is 0. The first-order valence-electron chi connectivity index (χ1n) is 9.26. The number of benzene rings is 2. The van der Waals surface area contributed by atoms with E-state index in [1.807, 2.05) is 51.1 Å². The van der Waals surface area contributed by atoms with Gasteiger partial charge in [-0.1, -0.05) is 44.2 Å². The van der Waals surface area contributed by atoms with Crippen molar-refractivity contribution in [3.63, 3.8) is 0 Å². The van der Waals surface area contributed by atoms with Crippen LogP contribution < -0.4 is 14.8 Å². The molecule has 2 N–H and O–H groups in total. The second kappa shape index (κ2) is 9.71. The maximum atomic E-state index is 12.3. The molecule has 0 saturated heterocycles. The minimum absolute atomic E-state index is 0.127. The van der Waals surface area contributed by atoms with Crippen LogP contribution in [0.1, 0.15) is 37.9 Å². The minimum atomic E-state index is -3.56. The van der Waals surface area contributed by atoms with Gasteiger partial charge in [0.15, 0.2) is 6.61 Å². The molecule has 2 aromatic rings.